The van der Waals surface area contributed by atoms with Crippen LogP contribution in [0.1, 0.15) is 13.3 Å². The average Bonchev–Trinajstić information content (AvgIpc) is 2.47. The molecule has 4 heteroatoms. The molecule has 0 unspecified atom stereocenters. The third-order valence-electron chi connectivity index (χ3n) is 1.75. The van der Waals surface area contributed by atoms with E-state index in [0.717, 1.165) is 32.1 Å². The van der Waals surface area contributed by atoms with Gasteiger partial charge in [0.15, 0.2) is 0 Å². The van der Waals surface area contributed by atoms with E-state index in [0.29, 0.717) is 0 Å². The van der Waals surface area contributed by atoms with Crippen molar-refractivity contribution in [3.63, 3.8) is 0 Å². The van der Waals surface area contributed by atoms with Gasteiger partial charge in [0.25, 0.3) is 0 Å². The minimum atomic E-state index is 0.747. The van der Waals surface area contributed by atoms with Crippen molar-refractivity contribution in [2.45, 2.75) is 13.3 Å². The summed E-state index contributed by atoms with van der Waals surface area (Å²) in [7, 11) is 1.71. The van der Waals surface area contributed by atoms with Crippen LogP contribution in [0.3, 0.4) is 0 Å². The van der Waals surface area contributed by atoms with E-state index < -0.39 is 0 Å². The van der Waals surface area contributed by atoms with Crippen LogP contribution >= 0.6 is 0 Å². The molecule has 1 rings (SSSR count). The molecule has 0 aliphatic carbocycles. The molecular formula is C7H15N3O. The number of ether oxygens (including phenoxy) is 1. The maximum Gasteiger partial charge on any atom is 0.128 e. The van der Waals surface area contributed by atoms with Crippen LogP contribution in [-0.2, 0) is 4.74 Å². The topological polar surface area (TPSA) is 36.9 Å². The predicted octanol–water partition coefficient (Wildman–Crippen LogP) is 0.219. The van der Waals surface area contributed by atoms with Gasteiger partial charge in [0.2, 0.25) is 0 Å². The minimum Gasteiger partial charge on any atom is -0.384 e. The molecule has 1 aliphatic heterocycles. The Labute approximate surface area is 67.2 Å². The molecule has 0 spiro atoms. The van der Waals surface area contributed by atoms with Crippen LogP contribution in [-0.4, -0.2) is 37.7 Å². The molecule has 11 heavy (non-hydrogen) atoms. The summed E-state index contributed by atoms with van der Waals surface area (Å²) >= 11 is 0. The van der Waals surface area contributed by atoms with Crippen LogP contribution in [0.2, 0.25) is 0 Å². The van der Waals surface area contributed by atoms with Gasteiger partial charge in [-0.15, -0.1) is 0 Å². The number of nitrogens with one attached hydrogen (secondary N) is 1. The Balaban J connectivity index is 2.30. The molecule has 0 saturated carbocycles. The van der Waals surface area contributed by atoms with Crippen LogP contribution in [0, 0.1) is 0 Å². The fraction of sp³-hybridized carbons (Fsp3) is 0.857. The molecule has 0 aromatic rings. The normalized spacial score (nSPS) is 16.5. The first-order chi connectivity index (χ1) is 5.38. The highest BCUT2D eigenvalue weighted by molar-refractivity contribution is 5.83. The van der Waals surface area contributed by atoms with Crippen molar-refractivity contribution in [1.29, 1.82) is 0 Å². The van der Waals surface area contributed by atoms with Crippen LogP contribution in [0.15, 0.2) is 5.10 Å². The maximum atomic E-state index is 4.96. The summed E-state index contributed by atoms with van der Waals surface area (Å²) in [4.78, 5) is 2.19. The highest BCUT2D eigenvalue weighted by Crippen LogP contribution is 2.00. The smallest absolute Gasteiger partial charge is 0.128 e. The molecule has 1 heterocycles. The van der Waals surface area contributed by atoms with Gasteiger partial charge in [-0.25, -0.2) is 0 Å². The molecule has 64 valence electrons. The van der Waals surface area contributed by atoms with Crippen molar-refractivity contribution in [2.75, 3.05) is 26.9 Å². The fourth-order valence-corrected chi connectivity index (χ4v) is 1.08. The van der Waals surface area contributed by atoms with Crippen LogP contribution in [0.25, 0.3) is 0 Å². The first-order valence-electron chi connectivity index (χ1n) is 3.91. The lowest BCUT2D eigenvalue weighted by Crippen LogP contribution is -2.29. The number of methoxy groups -OCH3 is 1. The maximum absolute atomic E-state index is 4.96. The first kappa shape index (κ1) is 8.33. The Kier molecular flexibility index (Phi) is 3.16. The Hall–Kier alpha value is -0.770. The highest BCUT2D eigenvalue weighted by Gasteiger charge is 2.13. The largest absolute Gasteiger partial charge is 0.384 e. The van der Waals surface area contributed by atoms with Crippen molar-refractivity contribution in [3.8, 4) is 0 Å². The monoisotopic (exact) mass is 157 g/mol. The Morgan fingerprint density at radius 2 is 2.55 bits per heavy atom. The number of hydrazone groups is 1. The molecule has 1 N–H and O–H groups in total. The lowest BCUT2D eigenvalue weighted by molar-refractivity contribution is 0.205. The SMILES string of the molecule is CCN1CNN=C1CCOC. The van der Waals surface area contributed by atoms with Crippen molar-refractivity contribution < 1.29 is 4.74 Å². The van der Waals surface area contributed by atoms with Crippen molar-refractivity contribution in [3.05, 3.63) is 0 Å². The summed E-state index contributed by atoms with van der Waals surface area (Å²) in [5.74, 6) is 1.11. The number of nitrogens with zero attached hydrogens (tertiary/aromatic N) is 2. The highest BCUT2D eigenvalue weighted by atomic mass is 16.5. The summed E-state index contributed by atoms with van der Waals surface area (Å²) in [5, 5.41) is 4.14. The van der Waals surface area contributed by atoms with Gasteiger partial charge in [0, 0.05) is 20.1 Å². The lowest BCUT2D eigenvalue weighted by Gasteiger charge is -2.15. The zero-order valence-corrected chi connectivity index (χ0v) is 7.13. The van der Waals surface area contributed by atoms with E-state index in [9.17, 15) is 0 Å². The van der Waals surface area contributed by atoms with E-state index in [1.807, 2.05) is 0 Å². The van der Waals surface area contributed by atoms with Crippen molar-refractivity contribution >= 4 is 5.84 Å². The number of hydrogen-bond donors (Lipinski definition) is 1. The van der Waals surface area contributed by atoms with Crippen LogP contribution < -0.4 is 5.43 Å². The molecule has 0 bridgehead atoms. The van der Waals surface area contributed by atoms with Gasteiger partial charge in [-0.05, 0) is 6.92 Å². The second kappa shape index (κ2) is 4.18. The molecule has 4 nitrogen and oxygen atoms in total. The standard InChI is InChI=1S/C7H15N3O/c1-3-10-6-8-9-7(10)4-5-11-2/h8H,3-6H2,1-2H3. The van der Waals surface area contributed by atoms with Crippen LogP contribution in [0.4, 0.5) is 0 Å². The average molecular weight is 157 g/mol. The zero-order chi connectivity index (χ0) is 8.10. The molecule has 0 saturated heterocycles. The van der Waals surface area contributed by atoms with Gasteiger partial charge in [0.05, 0.1) is 6.61 Å². The molecule has 0 aromatic heterocycles. The predicted molar refractivity (Wildman–Crippen MR) is 44.3 cm³/mol. The van der Waals surface area contributed by atoms with E-state index in [1.165, 1.54) is 0 Å². The summed E-state index contributed by atoms with van der Waals surface area (Å²) in [6.45, 7) is 4.72. The second-order valence-corrected chi connectivity index (χ2v) is 2.44. The van der Waals surface area contributed by atoms with Gasteiger partial charge in [-0.2, -0.15) is 5.10 Å². The summed E-state index contributed by atoms with van der Waals surface area (Å²) < 4.78 is 4.96. The Bertz CT molecular complexity index is 147. The molecule has 0 aromatic carbocycles. The Morgan fingerprint density at radius 3 is 3.18 bits per heavy atom. The van der Waals surface area contributed by atoms with E-state index in [-0.39, 0.29) is 0 Å². The van der Waals surface area contributed by atoms with Crippen molar-refractivity contribution in [2.24, 2.45) is 5.10 Å². The number of hydrogen-bond acceptors (Lipinski definition) is 4. The second-order valence-electron chi connectivity index (χ2n) is 2.44. The molecule has 0 atom stereocenters. The molecule has 0 fully saturated rings. The van der Waals surface area contributed by atoms with Gasteiger partial charge >= 0.3 is 0 Å². The minimum absolute atomic E-state index is 0.747. The van der Waals surface area contributed by atoms with Gasteiger partial charge < -0.3 is 9.64 Å². The zero-order valence-electron chi connectivity index (χ0n) is 7.13. The molecular weight excluding hydrogens is 142 g/mol. The van der Waals surface area contributed by atoms with Crippen LogP contribution in [0.5, 0.6) is 0 Å². The van der Waals surface area contributed by atoms with Gasteiger partial charge in [-0.1, -0.05) is 0 Å². The molecule has 0 amide bonds. The van der Waals surface area contributed by atoms with Gasteiger partial charge in [-0.3, -0.25) is 5.43 Å². The fourth-order valence-electron chi connectivity index (χ4n) is 1.08. The van der Waals surface area contributed by atoms with E-state index >= 15 is 0 Å². The number of amidine groups is 1. The summed E-state index contributed by atoms with van der Waals surface area (Å²) in [5.41, 5.74) is 2.94. The van der Waals surface area contributed by atoms with Crippen molar-refractivity contribution in [1.82, 2.24) is 10.3 Å². The lowest BCUT2D eigenvalue weighted by atomic mass is 10.4. The van der Waals surface area contributed by atoms with E-state index in [4.69, 9.17) is 4.74 Å². The quantitative estimate of drug-likeness (QED) is 0.634. The third kappa shape index (κ3) is 2.08. The first-order valence-corrected chi connectivity index (χ1v) is 3.91. The van der Waals surface area contributed by atoms with E-state index in [2.05, 4.69) is 22.4 Å². The summed E-state index contributed by atoms with van der Waals surface area (Å²) in [6.07, 6.45) is 0.900. The number of rotatable bonds is 4. The molecule has 0 radical (unpaired) electrons. The summed E-state index contributed by atoms with van der Waals surface area (Å²) in [6, 6.07) is 0. The van der Waals surface area contributed by atoms with Gasteiger partial charge in [0.1, 0.15) is 12.5 Å². The van der Waals surface area contributed by atoms with E-state index in [1.54, 1.807) is 7.11 Å². The third-order valence-corrected chi connectivity index (χ3v) is 1.75. The Morgan fingerprint density at radius 1 is 1.73 bits per heavy atom. The molecule has 1 aliphatic rings.